The van der Waals surface area contributed by atoms with Crippen LogP contribution in [0, 0.1) is 0 Å². The maximum absolute atomic E-state index is 12.2. The summed E-state index contributed by atoms with van der Waals surface area (Å²) in [6.45, 7) is 1.20. The highest BCUT2D eigenvalue weighted by molar-refractivity contribution is 7.91. The van der Waals surface area contributed by atoms with Gasteiger partial charge in [0.1, 0.15) is 4.21 Å². The zero-order chi connectivity index (χ0) is 14.6. The van der Waals surface area contributed by atoms with Crippen molar-refractivity contribution >= 4 is 27.3 Å². The molecule has 108 valence electrons. The van der Waals surface area contributed by atoms with Crippen molar-refractivity contribution in [1.29, 1.82) is 0 Å². The van der Waals surface area contributed by atoms with Gasteiger partial charge in [-0.3, -0.25) is 0 Å². The summed E-state index contributed by atoms with van der Waals surface area (Å²) >= 11 is 0.932. The normalized spacial score (nSPS) is 12.3. The first kappa shape index (κ1) is 16.1. The fourth-order valence-electron chi connectivity index (χ4n) is 1.45. The zero-order valence-corrected chi connectivity index (χ0v) is 12.8. The van der Waals surface area contributed by atoms with Crippen LogP contribution >= 0.6 is 11.3 Å². The second kappa shape index (κ2) is 6.47. The Labute approximate surface area is 117 Å². The van der Waals surface area contributed by atoms with Crippen LogP contribution in [-0.2, 0) is 10.0 Å². The minimum Gasteiger partial charge on any atom is -0.478 e. The molecule has 0 aliphatic carbocycles. The lowest BCUT2D eigenvalue weighted by atomic mass is 10.4. The quantitative estimate of drug-likeness (QED) is 0.813. The summed E-state index contributed by atoms with van der Waals surface area (Å²) in [4.78, 5) is 12.7. The number of aromatic carboxylic acids is 1. The number of carbonyl (C=O) groups is 1. The topological polar surface area (TPSA) is 77.9 Å². The number of carboxylic acid groups (broad SMARTS) is 1. The highest BCUT2D eigenvalue weighted by Gasteiger charge is 2.23. The molecule has 1 N–H and O–H groups in total. The Bertz CT molecular complexity index is 537. The van der Waals surface area contributed by atoms with Crippen LogP contribution in [0.15, 0.2) is 15.7 Å². The van der Waals surface area contributed by atoms with E-state index >= 15 is 0 Å². The van der Waals surface area contributed by atoms with E-state index in [1.807, 2.05) is 19.0 Å². The average molecular weight is 306 g/mol. The van der Waals surface area contributed by atoms with E-state index < -0.39 is 16.0 Å². The molecule has 0 saturated heterocycles. The summed E-state index contributed by atoms with van der Waals surface area (Å²) in [7, 11) is 1.77. The number of hydrogen-bond acceptors (Lipinski definition) is 5. The highest BCUT2D eigenvalue weighted by Crippen LogP contribution is 2.23. The second-order valence-corrected chi connectivity index (χ2v) is 7.63. The van der Waals surface area contributed by atoms with E-state index in [9.17, 15) is 13.2 Å². The summed E-state index contributed by atoms with van der Waals surface area (Å²) in [5.74, 6) is -1.12. The van der Waals surface area contributed by atoms with Crippen LogP contribution < -0.4 is 0 Å². The zero-order valence-electron chi connectivity index (χ0n) is 11.2. The van der Waals surface area contributed by atoms with Gasteiger partial charge >= 0.3 is 5.97 Å². The average Bonchev–Trinajstić information content (AvgIpc) is 2.78. The molecule has 1 aromatic heterocycles. The first-order chi connectivity index (χ1) is 8.75. The predicted molar refractivity (Wildman–Crippen MR) is 74.3 cm³/mol. The van der Waals surface area contributed by atoms with Crippen LogP contribution in [0.3, 0.4) is 0 Å². The van der Waals surface area contributed by atoms with Gasteiger partial charge in [0.2, 0.25) is 0 Å². The van der Waals surface area contributed by atoms with Crippen molar-refractivity contribution in [3.63, 3.8) is 0 Å². The van der Waals surface area contributed by atoms with Crippen molar-refractivity contribution in [2.45, 2.75) is 10.6 Å². The van der Waals surface area contributed by atoms with Crippen LogP contribution in [0.25, 0.3) is 0 Å². The molecule has 0 unspecified atom stereocenters. The summed E-state index contributed by atoms with van der Waals surface area (Å²) in [6.07, 6.45) is 0.722. The maximum atomic E-state index is 12.2. The van der Waals surface area contributed by atoms with Gasteiger partial charge in [0, 0.05) is 19.0 Å². The van der Waals surface area contributed by atoms with E-state index in [1.54, 1.807) is 0 Å². The molecule has 0 aromatic carbocycles. The molecule has 0 fully saturated rings. The number of sulfonamides is 1. The number of thiophene rings is 1. The number of nitrogens with zero attached hydrogens (tertiary/aromatic N) is 2. The van der Waals surface area contributed by atoms with E-state index in [4.69, 9.17) is 5.11 Å². The molecule has 0 aliphatic rings. The predicted octanol–water partition coefficient (Wildman–Crippen LogP) is 1.02. The van der Waals surface area contributed by atoms with Gasteiger partial charge in [-0.1, -0.05) is 0 Å². The molecule has 1 aromatic rings. The summed E-state index contributed by atoms with van der Waals surface area (Å²) < 4.78 is 25.7. The number of carboxylic acids is 1. The molecule has 0 aliphatic heterocycles. The number of hydrogen-bond donors (Lipinski definition) is 1. The van der Waals surface area contributed by atoms with Crippen LogP contribution in [0.2, 0.25) is 0 Å². The van der Waals surface area contributed by atoms with E-state index in [0.717, 1.165) is 24.3 Å². The Hall–Kier alpha value is -0.960. The molecule has 6 nitrogen and oxygen atoms in total. The second-order valence-electron chi connectivity index (χ2n) is 4.44. The van der Waals surface area contributed by atoms with Gasteiger partial charge < -0.3 is 10.0 Å². The van der Waals surface area contributed by atoms with Crippen molar-refractivity contribution in [2.24, 2.45) is 0 Å². The smallest absolute Gasteiger partial charge is 0.336 e. The standard InChI is InChI=1S/C11H18N2O4S2/c1-12(2)5-4-6-13(3)19(16,17)10-7-9(8-18-10)11(14)15/h7-8H,4-6H2,1-3H3,(H,14,15). The van der Waals surface area contributed by atoms with Crippen molar-refractivity contribution in [3.8, 4) is 0 Å². The van der Waals surface area contributed by atoms with Crippen molar-refractivity contribution in [2.75, 3.05) is 34.2 Å². The first-order valence-electron chi connectivity index (χ1n) is 5.68. The molecule has 0 saturated carbocycles. The van der Waals surface area contributed by atoms with Gasteiger partial charge in [-0.05, 0) is 33.1 Å². The van der Waals surface area contributed by atoms with Gasteiger partial charge in [0.25, 0.3) is 10.0 Å². The van der Waals surface area contributed by atoms with Crippen molar-refractivity contribution < 1.29 is 18.3 Å². The first-order valence-corrected chi connectivity index (χ1v) is 8.00. The minimum atomic E-state index is -3.58. The number of rotatable bonds is 7. The Morgan fingerprint density at radius 1 is 1.32 bits per heavy atom. The third kappa shape index (κ3) is 4.27. The maximum Gasteiger partial charge on any atom is 0.336 e. The van der Waals surface area contributed by atoms with E-state index in [0.29, 0.717) is 6.54 Å². The minimum absolute atomic E-state index is 0.00488. The lowest BCUT2D eigenvalue weighted by Gasteiger charge is -2.17. The van der Waals surface area contributed by atoms with Gasteiger partial charge in [-0.15, -0.1) is 11.3 Å². The largest absolute Gasteiger partial charge is 0.478 e. The van der Waals surface area contributed by atoms with Crippen LogP contribution in [0.5, 0.6) is 0 Å². The van der Waals surface area contributed by atoms with Gasteiger partial charge in [0.15, 0.2) is 0 Å². The SMILES string of the molecule is CN(C)CCCN(C)S(=O)(=O)c1cc(C(=O)O)cs1. The molecule has 1 rings (SSSR count). The molecule has 0 atom stereocenters. The van der Waals surface area contributed by atoms with Crippen LogP contribution in [0.1, 0.15) is 16.8 Å². The van der Waals surface area contributed by atoms with E-state index in [1.165, 1.54) is 22.8 Å². The molecule has 0 spiro atoms. The molecule has 0 radical (unpaired) electrons. The fourth-order valence-corrected chi connectivity index (χ4v) is 4.02. The molecule has 1 heterocycles. The van der Waals surface area contributed by atoms with E-state index in [2.05, 4.69) is 0 Å². The summed E-state index contributed by atoms with van der Waals surface area (Å²) in [6, 6.07) is 1.20. The Balaban J connectivity index is 2.75. The van der Waals surface area contributed by atoms with Crippen molar-refractivity contribution in [3.05, 3.63) is 17.0 Å². The molecule has 0 bridgehead atoms. The lowest BCUT2D eigenvalue weighted by Crippen LogP contribution is -2.29. The van der Waals surface area contributed by atoms with Gasteiger partial charge in [0.05, 0.1) is 5.56 Å². The molecule has 19 heavy (non-hydrogen) atoms. The Morgan fingerprint density at radius 2 is 1.95 bits per heavy atom. The summed E-state index contributed by atoms with van der Waals surface area (Å²) in [5.41, 5.74) is 0.00488. The van der Waals surface area contributed by atoms with Crippen LogP contribution in [-0.4, -0.2) is 62.9 Å². The van der Waals surface area contributed by atoms with Crippen LogP contribution in [0.4, 0.5) is 0 Å². The summed E-state index contributed by atoms with van der Waals surface area (Å²) in [5, 5.41) is 10.1. The third-order valence-corrected chi connectivity index (χ3v) is 5.84. The Kier molecular flexibility index (Phi) is 5.48. The van der Waals surface area contributed by atoms with Gasteiger partial charge in [-0.25, -0.2) is 17.5 Å². The lowest BCUT2D eigenvalue weighted by molar-refractivity contribution is 0.0697. The molecular weight excluding hydrogens is 288 g/mol. The monoisotopic (exact) mass is 306 g/mol. The fraction of sp³-hybridized carbons (Fsp3) is 0.545. The highest BCUT2D eigenvalue weighted by atomic mass is 32.2. The molecule has 8 heteroatoms. The molecular formula is C11H18N2O4S2. The van der Waals surface area contributed by atoms with E-state index in [-0.39, 0.29) is 9.77 Å². The van der Waals surface area contributed by atoms with Gasteiger partial charge in [-0.2, -0.15) is 0 Å². The molecule has 0 amide bonds. The Morgan fingerprint density at radius 3 is 2.42 bits per heavy atom. The third-order valence-electron chi connectivity index (χ3n) is 2.57. The van der Waals surface area contributed by atoms with Crippen molar-refractivity contribution in [1.82, 2.24) is 9.21 Å².